The van der Waals surface area contributed by atoms with Crippen LogP contribution in [0.4, 0.5) is 43.9 Å². The van der Waals surface area contributed by atoms with Gasteiger partial charge in [0.1, 0.15) is 5.60 Å². The molecule has 1 N–H and O–H groups in total. The first-order valence-corrected chi connectivity index (χ1v) is 11.2. The minimum absolute atomic E-state index is 0.00111. The van der Waals surface area contributed by atoms with Crippen molar-refractivity contribution in [3.05, 3.63) is 12.2 Å². The van der Waals surface area contributed by atoms with Gasteiger partial charge in [0.05, 0.1) is 18.8 Å². The zero-order valence-electron chi connectivity index (χ0n) is 19.0. The Kier molecular flexibility index (Phi) is 5.73. The third kappa shape index (κ3) is 3.11. The van der Waals surface area contributed by atoms with Gasteiger partial charge in [-0.05, 0) is 50.9 Å². The number of ether oxygens (including phenoxy) is 2. The van der Waals surface area contributed by atoms with Crippen LogP contribution < -0.4 is 0 Å². The number of aliphatic hydroxyl groups is 1. The van der Waals surface area contributed by atoms with Crippen LogP contribution in [0.15, 0.2) is 12.2 Å². The third-order valence-electron chi connectivity index (χ3n) is 8.21. The number of alkyl halides is 10. The van der Waals surface area contributed by atoms with Crippen LogP contribution in [0.3, 0.4) is 0 Å². The highest BCUT2D eigenvalue weighted by Gasteiger charge is 2.99. The summed E-state index contributed by atoms with van der Waals surface area (Å²) in [5.74, 6) is -28.9. The monoisotopic (exact) mass is 542 g/mol. The molecule has 5 saturated carbocycles. The highest BCUT2D eigenvalue weighted by Crippen LogP contribution is 2.69. The normalized spacial score (nSPS) is 45.3. The van der Waals surface area contributed by atoms with Crippen molar-refractivity contribution >= 4 is 5.97 Å². The Hall–Kier alpha value is -1.57. The van der Waals surface area contributed by atoms with Crippen molar-refractivity contribution in [2.24, 2.45) is 11.8 Å². The average Bonchev–Trinajstić information content (AvgIpc) is 2.74. The molecule has 4 nitrogen and oxygen atoms in total. The molecule has 0 aromatic heterocycles. The molecule has 5 aliphatic carbocycles. The Morgan fingerprint density at radius 2 is 1.25 bits per heavy atom. The van der Waals surface area contributed by atoms with Crippen LogP contribution in [0, 0.1) is 11.8 Å². The second kappa shape index (κ2) is 7.51. The van der Waals surface area contributed by atoms with Crippen LogP contribution in [-0.2, 0) is 14.3 Å². The molecule has 14 heteroatoms. The van der Waals surface area contributed by atoms with Gasteiger partial charge >= 0.3 is 29.7 Å². The topological polar surface area (TPSA) is 55.8 Å². The molecule has 5 aliphatic rings. The average molecular weight is 542 g/mol. The first kappa shape index (κ1) is 27.5. The lowest BCUT2D eigenvalue weighted by Crippen LogP contribution is -2.86. The van der Waals surface area contributed by atoms with Gasteiger partial charge in [-0.15, -0.1) is 0 Å². The zero-order chi connectivity index (χ0) is 27.4. The molecule has 0 aromatic rings. The van der Waals surface area contributed by atoms with E-state index >= 15 is 8.78 Å². The fourth-order valence-corrected chi connectivity index (χ4v) is 6.74. The first-order valence-electron chi connectivity index (χ1n) is 11.2. The quantitative estimate of drug-likeness (QED) is 0.286. The molecule has 36 heavy (non-hydrogen) atoms. The summed E-state index contributed by atoms with van der Waals surface area (Å²) in [5.41, 5.74) is -14.5. The van der Waals surface area contributed by atoms with Crippen molar-refractivity contribution in [3.63, 3.8) is 0 Å². The van der Waals surface area contributed by atoms with E-state index < -0.39 is 65.4 Å². The minimum Gasteiger partial charge on any atom is -0.456 e. The van der Waals surface area contributed by atoms with Gasteiger partial charge in [0.25, 0.3) is 0 Å². The SMILES string of the molecule is C=C(C)C(=O)OC12CC3CC(CC(OCC4(F)C(F)(F)C(F)(F)C(F)(F)C(F)(F)C4(F)CO)(C3)C1)C2. The molecule has 0 heterocycles. The van der Waals surface area contributed by atoms with Crippen LogP contribution in [0.5, 0.6) is 0 Å². The van der Waals surface area contributed by atoms with Crippen LogP contribution in [0.25, 0.3) is 0 Å². The third-order valence-corrected chi connectivity index (χ3v) is 8.21. The number of hydrogen-bond donors (Lipinski definition) is 1. The van der Waals surface area contributed by atoms with Crippen LogP contribution in [0.1, 0.15) is 45.4 Å². The lowest BCUT2D eigenvalue weighted by Gasteiger charge is -2.61. The van der Waals surface area contributed by atoms with Crippen molar-refractivity contribution < 1.29 is 63.3 Å². The highest BCUT2D eigenvalue weighted by molar-refractivity contribution is 5.87. The van der Waals surface area contributed by atoms with Crippen LogP contribution in [0.2, 0.25) is 0 Å². The first-order chi connectivity index (χ1) is 16.2. The molecule has 206 valence electrons. The van der Waals surface area contributed by atoms with Gasteiger partial charge in [-0.1, -0.05) is 6.58 Å². The number of aliphatic hydroxyl groups excluding tert-OH is 1. The van der Waals surface area contributed by atoms with E-state index in [-0.39, 0.29) is 36.7 Å². The summed E-state index contributed by atoms with van der Waals surface area (Å²) in [7, 11) is 0. The summed E-state index contributed by atoms with van der Waals surface area (Å²) in [5, 5.41) is 9.08. The van der Waals surface area contributed by atoms with Gasteiger partial charge in [-0.2, -0.15) is 35.1 Å². The maximum Gasteiger partial charge on any atom is 0.381 e. The number of rotatable bonds is 6. The number of carbonyl (C=O) groups is 1. The maximum atomic E-state index is 15.6. The molecule has 0 saturated heterocycles. The van der Waals surface area contributed by atoms with Gasteiger partial charge in [0.2, 0.25) is 11.3 Å². The minimum atomic E-state index is -7.04. The molecular weight excluding hydrogens is 518 g/mol. The van der Waals surface area contributed by atoms with E-state index in [2.05, 4.69) is 6.58 Å². The summed E-state index contributed by atoms with van der Waals surface area (Å²) in [4.78, 5) is 12.2. The Morgan fingerprint density at radius 1 is 0.806 bits per heavy atom. The van der Waals surface area contributed by atoms with Gasteiger partial charge in [0, 0.05) is 12.0 Å². The maximum absolute atomic E-state index is 15.6. The number of carbonyl (C=O) groups excluding carboxylic acids is 1. The molecule has 0 aliphatic heterocycles. The van der Waals surface area contributed by atoms with Crippen LogP contribution in [-0.4, -0.2) is 70.5 Å². The van der Waals surface area contributed by atoms with Crippen molar-refractivity contribution in [1.29, 1.82) is 0 Å². The Morgan fingerprint density at radius 3 is 1.69 bits per heavy atom. The second-order valence-corrected chi connectivity index (χ2v) is 10.8. The Bertz CT molecular complexity index is 954. The van der Waals surface area contributed by atoms with Crippen molar-refractivity contribution in [2.45, 2.75) is 91.7 Å². The van der Waals surface area contributed by atoms with Crippen molar-refractivity contribution in [1.82, 2.24) is 0 Å². The molecule has 4 bridgehead atoms. The van der Waals surface area contributed by atoms with E-state index in [4.69, 9.17) is 14.6 Å². The summed E-state index contributed by atoms with van der Waals surface area (Å²) in [6.07, 6.45) is 0.903. The zero-order valence-corrected chi connectivity index (χ0v) is 19.0. The Balaban J connectivity index is 1.70. The van der Waals surface area contributed by atoms with E-state index in [1.54, 1.807) is 0 Å². The molecule has 5 fully saturated rings. The van der Waals surface area contributed by atoms with E-state index in [9.17, 15) is 39.9 Å². The predicted molar refractivity (Wildman–Crippen MR) is 102 cm³/mol. The van der Waals surface area contributed by atoms with Gasteiger partial charge < -0.3 is 14.6 Å². The molecule has 0 amide bonds. The van der Waals surface area contributed by atoms with Gasteiger partial charge in [0.15, 0.2) is 0 Å². The van der Waals surface area contributed by atoms with Gasteiger partial charge in [-0.25, -0.2) is 13.6 Å². The molecule has 0 aromatic carbocycles. The van der Waals surface area contributed by atoms with Crippen molar-refractivity contribution in [3.8, 4) is 0 Å². The number of halogens is 10. The van der Waals surface area contributed by atoms with E-state index in [0.29, 0.717) is 19.3 Å². The molecular formula is C22H24F10O4. The number of hydrogen-bond acceptors (Lipinski definition) is 4. The molecule has 4 unspecified atom stereocenters. The lowest BCUT2D eigenvalue weighted by molar-refractivity contribution is -0.471. The highest BCUT2D eigenvalue weighted by atomic mass is 19.4. The molecule has 4 atom stereocenters. The summed E-state index contributed by atoms with van der Waals surface area (Å²) >= 11 is 0. The van der Waals surface area contributed by atoms with Gasteiger partial charge in [-0.3, -0.25) is 0 Å². The van der Waals surface area contributed by atoms with E-state index in [1.807, 2.05) is 0 Å². The Labute approximate surface area is 199 Å². The number of esters is 1. The second-order valence-electron chi connectivity index (χ2n) is 10.8. The van der Waals surface area contributed by atoms with Crippen LogP contribution >= 0.6 is 0 Å². The predicted octanol–water partition coefficient (Wildman–Crippen LogP) is 5.18. The standard InChI is InChI=1S/C22H24F10O4/c1-11(2)14(34)36-16-6-12-3-13(7-16)5-15(4-12,8-16)35-10-18(24)17(23,9-33)19(25,26)21(29,30)22(31,32)20(18,27)28/h12-13,33H,1,3-10H2,2H3. The molecule has 0 radical (unpaired) electrons. The lowest BCUT2D eigenvalue weighted by atomic mass is 9.52. The summed E-state index contributed by atoms with van der Waals surface area (Å²) in [6.45, 7) is -0.633. The largest absolute Gasteiger partial charge is 0.456 e. The van der Waals surface area contributed by atoms with Crippen molar-refractivity contribution in [2.75, 3.05) is 13.2 Å². The summed E-state index contributed by atoms with van der Waals surface area (Å²) < 4.78 is 155. The van der Waals surface area contributed by atoms with E-state index in [1.165, 1.54) is 6.92 Å². The summed E-state index contributed by atoms with van der Waals surface area (Å²) in [6, 6.07) is 0. The van der Waals surface area contributed by atoms with E-state index in [0.717, 1.165) is 0 Å². The molecule has 0 spiro atoms. The molecule has 5 rings (SSSR count). The fraction of sp³-hybridized carbons (Fsp3) is 0.864. The smallest absolute Gasteiger partial charge is 0.381 e. The fourth-order valence-electron chi connectivity index (χ4n) is 6.74.